The van der Waals surface area contributed by atoms with Crippen molar-refractivity contribution < 1.29 is 22.2 Å². The van der Waals surface area contributed by atoms with Gasteiger partial charge in [0.2, 0.25) is 0 Å². The Morgan fingerprint density at radius 3 is 2.74 bits per heavy atom. The largest absolute Gasteiger partial charge is 0.472 e. The van der Waals surface area contributed by atoms with E-state index in [1.54, 1.807) is 18.2 Å². The highest BCUT2D eigenvalue weighted by atomic mass is 32.2. The fraction of sp³-hybridized carbons (Fsp3) is 0.0714. The lowest BCUT2D eigenvalue weighted by Gasteiger charge is -2.11. The summed E-state index contributed by atoms with van der Waals surface area (Å²) in [5.74, 6) is -0.323. The average molecular weight is 331 g/mol. The number of carbonyl (C=O) groups is 1. The molecular formula is C14H9N3O5S. The monoisotopic (exact) mass is 331 g/mol. The molecule has 0 N–H and O–H groups in total. The molecule has 23 heavy (non-hydrogen) atoms. The van der Waals surface area contributed by atoms with Crippen LogP contribution >= 0.6 is 0 Å². The van der Waals surface area contributed by atoms with Gasteiger partial charge >= 0.3 is 0 Å². The van der Waals surface area contributed by atoms with Crippen LogP contribution in [0.3, 0.4) is 0 Å². The molecule has 3 aromatic rings. The summed E-state index contributed by atoms with van der Waals surface area (Å²) in [7, 11) is -3.89. The van der Waals surface area contributed by atoms with Gasteiger partial charge in [-0.2, -0.15) is 4.98 Å². The fourth-order valence-electron chi connectivity index (χ4n) is 2.34. The zero-order chi connectivity index (χ0) is 16.0. The fourth-order valence-corrected chi connectivity index (χ4v) is 3.86. The summed E-state index contributed by atoms with van der Waals surface area (Å²) < 4.78 is 35.6. The van der Waals surface area contributed by atoms with Crippen LogP contribution in [0.5, 0.6) is 0 Å². The van der Waals surface area contributed by atoms with Gasteiger partial charge in [-0.05, 0) is 18.2 Å². The van der Waals surface area contributed by atoms with Gasteiger partial charge < -0.3 is 8.94 Å². The highest BCUT2D eigenvalue weighted by molar-refractivity contribution is 7.90. The first kappa shape index (κ1) is 13.7. The van der Waals surface area contributed by atoms with Crippen LogP contribution in [0.2, 0.25) is 0 Å². The average Bonchev–Trinajstić information content (AvgIpc) is 3.25. The van der Waals surface area contributed by atoms with Crippen molar-refractivity contribution >= 4 is 15.9 Å². The standard InChI is InChI=1S/C14H9N3O5S/c18-14-10-3-1-2-4-11(10)23(19,20)17(14)7-12-15-13(22-16-12)9-5-6-21-8-9/h1-6,8H,7H2. The first-order valence-corrected chi connectivity index (χ1v) is 8.02. The molecule has 8 nitrogen and oxygen atoms in total. The molecule has 4 rings (SSSR count). The van der Waals surface area contributed by atoms with Crippen LogP contribution in [0.1, 0.15) is 16.2 Å². The van der Waals surface area contributed by atoms with E-state index in [1.807, 2.05) is 0 Å². The van der Waals surface area contributed by atoms with Crippen LogP contribution in [0.25, 0.3) is 11.5 Å². The van der Waals surface area contributed by atoms with E-state index < -0.39 is 15.9 Å². The third-order valence-corrected chi connectivity index (χ3v) is 5.22. The Morgan fingerprint density at radius 1 is 1.17 bits per heavy atom. The van der Waals surface area contributed by atoms with E-state index in [9.17, 15) is 13.2 Å². The molecule has 0 saturated heterocycles. The Morgan fingerprint density at radius 2 is 2.00 bits per heavy atom. The zero-order valence-corrected chi connectivity index (χ0v) is 12.4. The number of rotatable bonds is 3. The molecule has 1 aliphatic heterocycles. The summed E-state index contributed by atoms with van der Waals surface area (Å²) in [4.78, 5) is 16.4. The summed E-state index contributed by atoms with van der Waals surface area (Å²) in [6.45, 7) is -0.294. The highest BCUT2D eigenvalue weighted by Gasteiger charge is 2.41. The van der Waals surface area contributed by atoms with Gasteiger partial charge in [-0.3, -0.25) is 4.79 Å². The van der Waals surface area contributed by atoms with Crippen LogP contribution in [-0.2, 0) is 16.6 Å². The number of furan rings is 1. The number of hydrogen-bond acceptors (Lipinski definition) is 7. The third-order valence-electron chi connectivity index (χ3n) is 3.43. The molecule has 2 aromatic heterocycles. The molecule has 0 bridgehead atoms. The number of hydrogen-bond donors (Lipinski definition) is 0. The third kappa shape index (κ3) is 2.05. The Bertz CT molecular complexity index is 991. The lowest BCUT2D eigenvalue weighted by Crippen LogP contribution is -2.29. The minimum Gasteiger partial charge on any atom is -0.472 e. The van der Waals surface area contributed by atoms with Gasteiger partial charge in [0, 0.05) is 0 Å². The summed E-state index contributed by atoms with van der Waals surface area (Å²) in [5.41, 5.74) is 0.716. The molecule has 9 heteroatoms. The molecule has 1 aliphatic rings. The molecule has 0 saturated carbocycles. The lowest BCUT2D eigenvalue weighted by molar-refractivity contribution is 0.0862. The Hall–Kier alpha value is -2.94. The van der Waals surface area contributed by atoms with Gasteiger partial charge in [-0.15, -0.1) is 0 Å². The number of benzene rings is 1. The zero-order valence-electron chi connectivity index (χ0n) is 11.5. The Balaban J connectivity index is 1.67. The van der Waals surface area contributed by atoms with Crippen molar-refractivity contribution in [2.45, 2.75) is 11.4 Å². The van der Waals surface area contributed by atoms with Crippen LogP contribution in [0, 0.1) is 0 Å². The second-order valence-electron chi connectivity index (χ2n) is 4.84. The number of carbonyl (C=O) groups excluding carboxylic acids is 1. The molecule has 3 heterocycles. The molecular weight excluding hydrogens is 322 g/mol. The number of fused-ring (bicyclic) bond motifs is 1. The predicted octanol–water partition coefficient (Wildman–Crippen LogP) is 1.67. The summed E-state index contributed by atoms with van der Waals surface area (Å²) >= 11 is 0. The van der Waals surface area contributed by atoms with E-state index in [2.05, 4.69) is 10.1 Å². The maximum absolute atomic E-state index is 12.4. The van der Waals surface area contributed by atoms with Crippen LogP contribution in [-0.4, -0.2) is 28.8 Å². The first-order chi connectivity index (χ1) is 11.1. The second-order valence-corrected chi connectivity index (χ2v) is 6.67. The van der Waals surface area contributed by atoms with Crippen molar-refractivity contribution in [1.82, 2.24) is 14.4 Å². The van der Waals surface area contributed by atoms with Gasteiger partial charge in [0.15, 0.2) is 5.82 Å². The number of sulfonamides is 1. The van der Waals surface area contributed by atoms with Crippen molar-refractivity contribution in [3.8, 4) is 11.5 Å². The maximum Gasteiger partial charge on any atom is 0.269 e. The van der Waals surface area contributed by atoms with Crippen LogP contribution < -0.4 is 0 Å². The predicted molar refractivity (Wildman–Crippen MR) is 75.5 cm³/mol. The van der Waals surface area contributed by atoms with Crippen molar-refractivity contribution in [1.29, 1.82) is 0 Å². The maximum atomic E-state index is 12.4. The number of amides is 1. The van der Waals surface area contributed by atoms with E-state index in [0.717, 1.165) is 4.31 Å². The molecule has 0 atom stereocenters. The number of nitrogens with zero attached hydrogens (tertiary/aromatic N) is 3. The van der Waals surface area contributed by atoms with Gasteiger partial charge in [-0.1, -0.05) is 17.3 Å². The summed E-state index contributed by atoms with van der Waals surface area (Å²) in [5, 5.41) is 3.71. The van der Waals surface area contributed by atoms with Gasteiger partial charge in [0.05, 0.1) is 17.4 Å². The van der Waals surface area contributed by atoms with Crippen molar-refractivity contribution in [3.05, 3.63) is 54.2 Å². The molecule has 0 fully saturated rings. The van der Waals surface area contributed by atoms with Crippen LogP contribution in [0.15, 0.2) is 56.7 Å². The summed E-state index contributed by atoms with van der Waals surface area (Å²) in [6, 6.07) is 7.68. The molecule has 0 unspecified atom stereocenters. The van der Waals surface area contributed by atoms with Gasteiger partial charge in [0.25, 0.3) is 21.8 Å². The van der Waals surface area contributed by atoms with E-state index in [1.165, 1.54) is 24.7 Å². The minimum atomic E-state index is -3.89. The normalized spacial score (nSPS) is 15.8. The van der Waals surface area contributed by atoms with E-state index in [-0.39, 0.29) is 28.7 Å². The topological polar surface area (TPSA) is 107 Å². The van der Waals surface area contributed by atoms with Gasteiger partial charge in [0.1, 0.15) is 17.7 Å². The molecule has 1 amide bonds. The molecule has 0 spiro atoms. The SMILES string of the molecule is O=C1c2ccccc2S(=O)(=O)N1Cc1noc(-c2ccoc2)n1. The van der Waals surface area contributed by atoms with E-state index in [4.69, 9.17) is 8.94 Å². The van der Waals surface area contributed by atoms with Gasteiger partial charge in [-0.25, -0.2) is 12.7 Å². The molecule has 116 valence electrons. The molecule has 0 radical (unpaired) electrons. The van der Waals surface area contributed by atoms with Crippen LogP contribution in [0.4, 0.5) is 0 Å². The first-order valence-electron chi connectivity index (χ1n) is 6.58. The second kappa shape index (κ2) is 4.78. The van der Waals surface area contributed by atoms with E-state index >= 15 is 0 Å². The lowest BCUT2D eigenvalue weighted by atomic mass is 10.2. The Kier molecular flexibility index (Phi) is 2.85. The van der Waals surface area contributed by atoms with Crippen molar-refractivity contribution in [3.63, 3.8) is 0 Å². The Labute approximate surface area is 130 Å². The highest BCUT2D eigenvalue weighted by Crippen LogP contribution is 2.31. The number of aromatic nitrogens is 2. The van der Waals surface area contributed by atoms with Crippen molar-refractivity contribution in [2.24, 2.45) is 0 Å². The molecule has 0 aliphatic carbocycles. The van der Waals surface area contributed by atoms with E-state index in [0.29, 0.717) is 5.56 Å². The smallest absolute Gasteiger partial charge is 0.269 e. The van der Waals surface area contributed by atoms with Crippen molar-refractivity contribution in [2.75, 3.05) is 0 Å². The summed E-state index contributed by atoms with van der Waals surface area (Å²) in [6.07, 6.45) is 2.87. The minimum absolute atomic E-state index is 0.0106. The molecule has 1 aromatic carbocycles. The quantitative estimate of drug-likeness (QED) is 0.718.